The van der Waals surface area contributed by atoms with Crippen molar-refractivity contribution >= 4 is 22.7 Å². The van der Waals surface area contributed by atoms with Gasteiger partial charge in [-0.1, -0.05) is 11.6 Å². The molecule has 0 aliphatic carbocycles. The molecule has 1 rings (SSSR count). The van der Waals surface area contributed by atoms with Crippen molar-refractivity contribution in [1.82, 2.24) is 4.98 Å². The van der Waals surface area contributed by atoms with Crippen LogP contribution in [0.1, 0.15) is 0 Å². The minimum atomic E-state index is -2.64. The van der Waals surface area contributed by atoms with E-state index >= 15 is 0 Å². The van der Waals surface area contributed by atoms with Gasteiger partial charge in [0.25, 0.3) is 0 Å². The van der Waals surface area contributed by atoms with Gasteiger partial charge in [0.05, 0.1) is 5.02 Å². The molecule has 0 fully saturated rings. The summed E-state index contributed by atoms with van der Waals surface area (Å²) in [6.45, 7) is 0. The second kappa shape index (κ2) is 5.26. The zero-order valence-electron chi connectivity index (χ0n) is 6.08. The van der Waals surface area contributed by atoms with Gasteiger partial charge in [0.2, 0.25) is 0 Å². The summed E-state index contributed by atoms with van der Waals surface area (Å²) in [4.78, 5) is 3.26. The summed E-state index contributed by atoms with van der Waals surface area (Å²) in [6.07, 6.45) is 1.07. The molecule has 1 unspecified atom stereocenters. The Morgan fingerprint density at radius 1 is 1.67 bits per heavy atom. The van der Waals surface area contributed by atoms with Crippen LogP contribution in [0.2, 0.25) is 5.02 Å². The number of hydrogen-bond acceptors (Lipinski definition) is 3. The van der Waals surface area contributed by atoms with E-state index in [9.17, 15) is 13.2 Å². The Morgan fingerprint density at radius 3 is 2.67 bits per heavy atom. The predicted molar refractivity (Wildman–Crippen MR) is 36.4 cm³/mol. The first-order valence-corrected chi connectivity index (χ1v) is 3.97. The van der Waals surface area contributed by atoms with Crippen LogP contribution in [0.3, 0.4) is 0 Å². The molecule has 3 nitrogen and oxygen atoms in total. The molecule has 60 valence electrons. The van der Waals surface area contributed by atoms with Gasteiger partial charge in [-0.15, -0.1) is 0 Å². The van der Waals surface area contributed by atoms with Crippen molar-refractivity contribution < 1.29 is 42.7 Å². The third-order valence-corrected chi connectivity index (χ3v) is 1.75. The monoisotopic (exact) mass is 217 g/mol. The maximum Gasteiger partial charge on any atom is 1.00 e. The van der Waals surface area contributed by atoms with Crippen LogP contribution < -0.4 is 29.6 Å². The van der Waals surface area contributed by atoms with Crippen LogP contribution in [0, 0.1) is 5.82 Å². The van der Waals surface area contributed by atoms with Gasteiger partial charge in [-0.3, -0.25) is 4.21 Å². The van der Waals surface area contributed by atoms with Crippen LogP contribution in [-0.2, 0) is 11.1 Å². The van der Waals surface area contributed by atoms with Crippen molar-refractivity contribution in [3.63, 3.8) is 0 Å². The van der Waals surface area contributed by atoms with Gasteiger partial charge in [0.1, 0.15) is 5.03 Å². The van der Waals surface area contributed by atoms with Crippen LogP contribution >= 0.6 is 11.6 Å². The molecule has 0 amide bonds. The Morgan fingerprint density at radius 2 is 2.25 bits per heavy atom. The zero-order chi connectivity index (χ0) is 8.43. The summed E-state index contributed by atoms with van der Waals surface area (Å²) in [5.41, 5.74) is 0. The average molecular weight is 218 g/mol. The predicted octanol–water partition coefficient (Wildman–Crippen LogP) is -1.88. The first-order chi connectivity index (χ1) is 5.11. The van der Waals surface area contributed by atoms with E-state index in [-0.39, 0.29) is 34.6 Å². The molecule has 0 saturated heterocycles. The molecule has 1 aromatic rings. The average Bonchev–Trinajstić information content (AvgIpc) is 1.85. The maximum atomic E-state index is 12.6. The van der Waals surface area contributed by atoms with Crippen molar-refractivity contribution in [2.24, 2.45) is 0 Å². The van der Waals surface area contributed by atoms with Gasteiger partial charge in [-0.05, 0) is 6.07 Å². The SMILES string of the molecule is O=S([O-])c1ncc(Cl)cc1F.[Na+]. The van der Waals surface area contributed by atoms with Crippen molar-refractivity contribution in [2.45, 2.75) is 5.03 Å². The Hall–Kier alpha value is 0.480. The number of aromatic nitrogens is 1. The molecule has 0 aliphatic heterocycles. The summed E-state index contributed by atoms with van der Waals surface area (Å²) in [5.74, 6) is -0.939. The Balaban J connectivity index is 0.00000121. The molecule has 0 bridgehead atoms. The van der Waals surface area contributed by atoms with Gasteiger partial charge in [0.15, 0.2) is 5.82 Å². The fourth-order valence-electron chi connectivity index (χ4n) is 0.525. The van der Waals surface area contributed by atoms with Crippen LogP contribution in [-0.4, -0.2) is 13.7 Å². The summed E-state index contributed by atoms with van der Waals surface area (Å²) >= 11 is 2.67. The van der Waals surface area contributed by atoms with Crippen LogP contribution in [0.5, 0.6) is 0 Å². The first kappa shape index (κ1) is 12.5. The summed E-state index contributed by atoms with van der Waals surface area (Å²) < 4.78 is 32.9. The summed E-state index contributed by atoms with van der Waals surface area (Å²) in [5, 5.41) is -0.550. The summed E-state index contributed by atoms with van der Waals surface area (Å²) in [6, 6.07) is 0.889. The van der Waals surface area contributed by atoms with E-state index in [0.717, 1.165) is 12.3 Å². The fraction of sp³-hybridized carbons (Fsp3) is 0. The van der Waals surface area contributed by atoms with Gasteiger partial charge >= 0.3 is 29.6 Å². The third-order valence-electron chi connectivity index (χ3n) is 0.932. The van der Waals surface area contributed by atoms with E-state index in [1.54, 1.807) is 0 Å². The molecule has 12 heavy (non-hydrogen) atoms. The van der Waals surface area contributed by atoms with E-state index in [4.69, 9.17) is 11.6 Å². The quantitative estimate of drug-likeness (QED) is 0.409. The van der Waals surface area contributed by atoms with Crippen molar-refractivity contribution in [3.8, 4) is 0 Å². The number of halogens is 2. The minimum Gasteiger partial charge on any atom is -0.767 e. The van der Waals surface area contributed by atoms with Crippen molar-refractivity contribution in [1.29, 1.82) is 0 Å². The van der Waals surface area contributed by atoms with Crippen molar-refractivity contribution in [3.05, 3.63) is 23.1 Å². The normalized spacial score (nSPS) is 11.9. The molecular weight excluding hydrogens is 216 g/mol. The number of pyridine rings is 1. The molecule has 0 aromatic carbocycles. The van der Waals surface area contributed by atoms with Crippen LogP contribution in [0.25, 0.3) is 0 Å². The van der Waals surface area contributed by atoms with Crippen LogP contribution in [0.4, 0.5) is 4.39 Å². The Labute approximate surface area is 97.9 Å². The van der Waals surface area contributed by atoms with Gasteiger partial charge < -0.3 is 4.55 Å². The van der Waals surface area contributed by atoms with E-state index in [0.29, 0.717) is 0 Å². The molecular formula is C5H2ClFNNaO2S. The molecule has 0 spiro atoms. The second-order valence-electron chi connectivity index (χ2n) is 1.68. The topological polar surface area (TPSA) is 53.0 Å². The van der Waals surface area contributed by atoms with Crippen molar-refractivity contribution in [2.75, 3.05) is 0 Å². The zero-order valence-corrected chi connectivity index (χ0v) is 9.66. The Bertz CT molecular complexity index is 311. The number of nitrogens with zero attached hydrogens (tertiary/aromatic N) is 1. The first-order valence-electron chi connectivity index (χ1n) is 2.51. The van der Waals surface area contributed by atoms with Gasteiger partial charge in [-0.25, -0.2) is 9.37 Å². The molecule has 1 aromatic heterocycles. The molecule has 1 heterocycles. The molecule has 7 heteroatoms. The van der Waals surface area contributed by atoms with Gasteiger partial charge in [0, 0.05) is 17.3 Å². The summed E-state index contributed by atoms with van der Waals surface area (Å²) in [7, 11) is 0. The maximum absolute atomic E-state index is 12.6. The molecule has 0 N–H and O–H groups in total. The molecule has 0 aliphatic rings. The fourth-order valence-corrected chi connectivity index (χ4v) is 1.03. The largest absolute Gasteiger partial charge is 1.00 e. The Kier molecular flexibility index (Phi) is 5.47. The van der Waals surface area contributed by atoms with E-state index in [1.807, 2.05) is 0 Å². The number of rotatable bonds is 1. The minimum absolute atomic E-state index is 0. The van der Waals surface area contributed by atoms with E-state index < -0.39 is 21.9 Å². The smallest absolute Gasteiger partial charge is 0.767 e. The molecule has 0 saturated carbocycles. The molecule has 1 atom stereocenters. The number of hydrogen-bond donors (Lipinski definition) is 0. The van der Waals surface area contributed by atoms with E-state index in [2.05, 4.69) is 4.98 Å². The van der Waals surface area contributed by atoms with E-state index in [1.165, 1.54) is 0 Å². The standard InChI is InChI=1S/C5H3ClFNO2S.Na/c6-3-1-4(7)5(8-2-3)11(9)10;/h1-2H,(H,9,10);/q;+1/p-1. The van der Waals surface area contributed by atoms with Crippen LogP contribution in [0.15, 0.2) is 17.3 Å². The second-order valence-corrected chi connectivity index (χ2v) is 2.97. The van der Waals surface area contributed by atoms with Gasteiger partial charge in [-0.2, -0.15) is 0 Å². The molecule has 0 radical (unpaired) electrons. The third kappa shape index (κ3) is 3.08.